The molecule has 0 radical (unpaired) electrons. The van der Waals surface area contributed by atoms with Crippen molar-refractivity contribution in [1.29, 1.82) is 0 Å². The molecule has 0 spiro atoms. The van der Waals surface area contributed by atoms with Crippen LogP contribution in [0.5, 0.6) is 17.5 Å². The Labute approximate surface area is 223 Å². The smallest absolute Gasteiger partial charge is 0.490 e. The summed E-state index contributed by atoms with van der Waals surface area (Å²) >= 11 is 5.93. The lowest BCUT2D eigenvalue weighted by molar-refractivity contribution is -0.274. The largest absolute Gasteiger partial charge is 0.573 e. The topological polar surface area (TPSA) is 123 Å². The van der Waals surface area contributed by atoms with Gasteiger partial charge in [0.05, 0.1) is 17.3 Å². The number of hydrogen-bond donors (Lipinski definition) is 1. The van der Waals surface area contributed by atoms with Gasteiger partial charge in [-0.05, 0) is 30.7 Å². The van der Waals surface area contributed by atoms with Crippen LogP contribution in [0.4, 0.5) is 13.2 Å². The van der Waals surface area contributed by atoms with Gasteiger partial charge >= 0.3 is 12.1 Å². The summed E-state index contributed by atoms with van der Waals surface area (Å²) in [6, 6.07) is 8.30. The SMILES string of the molecule is Cn1c(=O)n(CCCO)c(=O)c2c1nc(OCCOc1cccc(OC(F)(F)F)c1)n2Cc1ccc(Cl)cn1. The molecule has 0 aliphatic rings. The highest BCUT2D eigenvalue weighted by Gasteiger charge is 2.31. The van der Waals surface area contributed by atoms with Gasteiger partial charge in [-0.2, -0.15) is 4.98 Å². The molecule has 0 amide bonds. The molecule has 11 nitrogen and oxygen atoms in total. The summed E-state index contributed by atoms with van der Waals surface area (Å²) in [6.45, 7) is -0.343. The number of aromatic nitrogens is 5. The Hall–Kier alpha value is -4.04. The maximum absolute atomic E-state index is 13.3. The van der Waals surface area contributed by atoms with Crippen LogP contribution in [-0.4, -0.2) is 55.0 Å². The first-order valence-corrected chi connectivity index (χ1v) is 12.0. The highest BCUT2D eigenvalue weighted by molar-refractivity contribution is 6.30. The zero-order chi connectivity index (χ0) is 28.2. The number of aryl methyl sites for hydroxylation is 1. The first-order chi connectivity index (χ1) is 18.6. The Kier molecular flexibility index (Phi) is 8.45. The molecule has 0 aliphatic heterocycles. The molecular weight excluding hydrogens is 547 g/mol. The molecule has 0 saturated carbocycles. The number of imidazole rings is 1. The zero-order valence-corrected chi connectivity index (χ0v) is 21.3. The average Bonchev–Trinajstić information content (AvgIpc) is 3.24. The lowest BCUT2D eigenvalue weighted by atomic mass is 10.3. The molecule has 0 saturated heterocycles. The summed E-state index contributed by atoms with van der Waals surface area (Å²) in [4.78, 5) is 34.7. The lowest BCUT2D eigenvalue weighted by Gasteiger charge is -2.12. The van der Waals surface area contributed by atoms with E-state index >= 15 is 0 Å². The van der Waals surface area contributed by atoms with Gasteiger partial charge in [0.15, 0.2) is 11.2 Å². The maximum Gasteiger partial charge on any atom is 0.573 e. The summed E-state index contributed by atoms with van der Waals surface area (Å²) in [5.74, 6) is -0.315. The molecule has 4 aromatic rings. The zero-order valence-electron chi connectivity index (χ0n) is 20.5. The molecule has 3 aromatic heterocycles. The van der Waals surface area contributed by atoms with Crippen molar-refractivity contribution in [3.8, 4) is 17.5 Å². The monoisotopic (exact) mass is 569 g/mol. The number of aliphatic hydroxyl groups excluding tert-OH is 1. The third-order valence-electron chi connectivity index (χ3n) is 5.47. The van der Waals surface area contributed by atoms with Gasteiger partial charge < -0.3 is 19.3 Å². The van der Waals surface area contributed by atoms with Gasteiger partial charge in [-0.25, -0.2) is 4.79 Å². The van der Waals surface area contributed by atoms with Crippen molar-refractivity contribution in [1.82, 2.24) is 23.7 Å². The van der Waals surface area contributed by atoms with Crippen molar-refractivity contribution in [3.63, 3.8) is 0 Å². The van der Waals surface area contributed by atoms with E-state index in [9.17, 15) is 27.9 Å². The highest BCUT2D eigenvalue weighted by atomic mass is 35.5. The Bertz CT molecular complexity index is 1570. The molecule has 0 fully saturated rings. The summed E-state index contributed by atoms with van der Waals surface area (Å²) in [7, 11) is 1.46. The van der Waals surface area contributed by atoms with Crippen molar-refractivity contribution in [2.75, 3.05) is 19.8 Å². The second kappa shape index (κ2) is 11.8. The minimum atomic E-state index is -4.84. The van der Waals surface area contributed by atoms with Crippen molar-refractivity contribution >= 4 is 22.8 Å². The molecule has 15 heteroatoms. The maximum atomic E-state index is 13.3. The number of rotatable bonds is 11. The third kappa shape index (κ3) is 6.70. The van der Waals surface area contributed by atoms with E-state index in [-0.39, 0.29) is 62.3 Å². The fraction of sp³-hybridized carbons (Fsp3) is 0.333. The number of nitrogens with zero attached hydrogens (tertiary/aromatic N) is 5. The number of pyridine rings is 1. The van der Waals surface area contributed by atoms with Gasteiger partial charge in [0.1, 0.15) is 24.7 Å². The summed E-state index contributed by atoms with van der Waals surface area (Å²) in [5.41, 5.74) is -0.537. The molecule has 0 aliphatic carbocycles. The van der Waals surface area contributed by atoms with Crippen LogP contribution in [0.1, 0.15) is 12.1 Å². The summed E-state index contributed by atoms with van der Waals surface area (Å²) in [6.07, 6.45) is -3.20. The van der Waals surface area contributed by atoms with E-state index in [4.69, 9.17) is 21.1 Å². The molecule has 1 aromatic carbocycles. The fourth-order valence-corrected chi connectivity index (χ4v) is 3.86. The molecule has 4 rings (SSSR count). The van der Waals surface area contributed by atoms with Crippen molar-refractivity contribution in [2.24, 2.45) is 7.05 Å². The Morgan fingerprint density at radius 3 is 2.49 bits per heavy atom. The van der Waals surface area contributed by atoms with Crippen LogP contribution < -0.4 is 25.5 Å². The fourth-order valence-electron chi connectivity index (χ4n) is 3.75. The van der Waals surface area contributed by atoms with Gasteiger partial charge in [-0.3, -0.25) is 23.5 Å². The normalized spacial score (nSPS) is 11.6. The average molecular weight is 570 g/mol. The van der Waals surface area contributed by atoms with E-state index < -0.39 is 23.4 Å². The molecule has 208 valence electrons. The second-order valence-corrected chi connectivity index (χ2v) is 8.65. The van der Waals surface area contributed by atoms with E-state index in [2.05, 4.69) is 14.7 Å². The Morgan fingerprint density at radius 1 is 1.05 bits per heavy atom. The van der Waals surface area contributed by atoms with Crippen LogP contribution >= 0.6 is 11.6 Å². The van der Waals surface area contributed by atoms with E-state index in [0.29, 0.717) is 10.7 Å². The van der Waals surface area contributed by atoms with Gasteiger partial charge in [-0.1, -0.05) is 17.7 Å². The quantitative estimate of drug-likeness (QED) is 0.274. The van der Waals surface area contributed by atoms with Crippen LogP contribution in [0, 0.1) is 0 Å². The highest BCUT2D eigenvalue weighted by Crippen LogP contribution is 2.26. The molecule has 0 unspecified atom stereocenters. The lowest BCUT2D eigenvalue weighted by Crippen LogP contribution is -2.40. The number of ether oxygens (including phenoxy) is 3. The minimum absolute atomic E-state index is 0.00344. The third-order valence-corrected chi connectivity index (χ3v) is 5.69. The number of benzene rings is 1. The van der Waals surface area contributed by atoms with E-state index in [1.165, 1.54) is 34.5 Å². The van der Waals surface area contributed by atoms with Crippen molar-refractivity contribution < 1.29 is 32.5 Å². The molecule has 1 N–H and O–H groups in total. The standard InChI is InChI=1S/C24H23ClF3N5O6/c1-31-20-19(21(35)32(23(31)36)8-3-9-34)33(14-16-7-6-15(25)13-29-16)22(30-20)38-11-10-37-17-4-2-5-18(12-17)39-24(26,27)28/h2,4-7,12-13,34H,3,8-11,14H2,1H3. The molecule has 3 heterocycles. The van der Waals surface area contributed by atoms with Gasteiger partial charge in [0, 0.05) is 32.5 Å². The van der Waals surface area contributed by atoms with Gasteiger partial charge in [-0.15, -0.1) is 13.2 Å². The minimum Gasteiger partial charge on any atom is -0.490 e. The summed E-state index contributed by atoms with van der Waals surface area (Å²) < 4.78 is 56.2. The predicted octanol–water partition coefficient (Wildman–Crippen LogP) is 2.73. The molecule has 0 bridgehead atoms. The number of fused-ring (bicyclic) bond motifs is 1. The number of hydrogen-bond acceptors (Lipinski definition) is 8. The molecular formula is C24H23ClF3N5O6. The van der Waals surface area contributed by atoms with Crippen LogP contribution in [0.15, 0.2) is 52.2 Å². The van der Waals surface area contributed by atoms with Gasteiger partial charge in [0.25, 0.3) is 11.6 Å². The van der Waals surface area contributed by atoms with E-state index in [1.807, 2.05) is 0 Å². The summed E-state index contributed by atoms with van der Waals surface area (Å²) in [5, 5.41) is 9.60. The van der Waals surface area contributed by atoms with E-state index in [0.717, 1.165) is 16.7 Å². The number of halogens is 4. The van der Waals surface area contributed by atoms with Crippen molar-refractivity contribution in [2.45, 2.75) is 25.9 Å². The Morgan fingerprint density at radius 2 is 1.79 bits per heavy atom. The first-order valence-electron chi connectivity index (χ1n) is 11.6. The number of aliphatic hydroxyl groups is 1. The van der Waals surface area contributed by atoms with Crippen molar-refractivity contribution in [3.05, 3.63) is 74.1 Å². The number of alkyl halides is 3. The van der Waals surface area contributed by atoms with Crippen LogP contribution in [0.2, 0.25) is 5.02 Å². The van der Waals surface area contributed by atoms with E-state index in [1.54, 1.807) is 12.1 Å². The van der Waals surface area contributed by atoms with Gasteiger partial charge in [0.2, 0.25) is 0 Å². The molecule has 39 heavy (non-hydrogen) atoms. The van der Waals surface area contributed by atoms with Crippen LogP contribution in [-0.2, 0) is 20.1 Å². The van der Waals surface area contributed by atoms with Crippen LogP contribution in [0.3, 0.4) is 0 Å². The second-order valence-electron chi connectivity index (χ2n) is 8.22. The first kappa shape index (κ1) is 28.0. The molecule has 0 atom stereocenters. The predicted molar refractivity (Wildman–Crippen MR) is 133 cm³/mol. The Balaban J connectivity index is 1.61. The van der Waals surface area contributed by atoms with Crippen LogP contribution in [0.25, 0.3) is 11.2 Å².